The molecule has 2 aromatic rings. The molecule has 1 aliphatic heterocycles. The predicted octanol–water partition coefficient (Wildman–Crippen LogP) is 3.07. The molecule has 1 aliphatic carbocycles. The van der Waals surface area contributed by atoms with Crippen molar-refractivity contribution in [2.45, 2.75) is 43.4 Å². The molecule has 2 aromatic heterocycles. The highest BCUT2D eigenvalue weighted by molar-refractivity contribution is 7.99. The van der Waals surface area contributed by atoms with Crippen molar-refractivity contribution in [3.63, 3.8) is 0 Å². The minimum absolute atomic E-state index is 0.00738. The van der Waals surface area contributed by atoms with Crippen LogP contribution in [0.3, 0.4) is 0 Å². The smallest absolute Gasteiger partial charge is 0.267 e. The fourth-order valence-electron chi connectivity index (χ4n) is 3.57. The summed E-state index contributed by atoms with van der Waals surface area (Å²) in [5.74, 6) is 0.992. The van der Waals surface area contributed by atoms with Gasteiger partial charge in [-0.05, 0) is 30.2 Å². The summed E-state index contributed by atoms with van der Waals surface area (Å²) in [4.78, 5) is 30.7. The topological polar surface area (TPSA) is 64.0 Å². The van der Waals surface area contributed by atoms with Gasteiger partial charge in [0.15, 0.2) is 5.16 Å². The first kappa shape index (κ1) is 15.9. The van der Waals surface area contributed by atoms with E-state index in [1.165, 1.54) is 23.9 Å². The van der Waals surface area contributed by atoms with Crippen molar-refractivity contribution in [3.05, 3.63) is 44.5 Å². The zero-order valence-electron chi connectivity index (χ0n) is 13.2. The van der Waals surface area contributed by atoms with Crippen LogP contribution in [0.1, 0.15) is 47.0 Å². The molecule has 1 unspecified atom stereocenters. The van der Waals surface area contributed by atoms with Gasteiger partial charge in [0.2, 0.25) is 0 Å². The van der Waals surface area contributed by atoms with Crippen molar-refractivity contribution in [2.24, 2.45) is 5.92 Å². The maximum atomic E-state index is 12.8. The molecule has 0 radical (unpaired) electrons. The van der Waals surface area contributed by atoms with E-state index in [-0.39, 0.29) is 23.1 Å². The minimum Gasteiger partial charge on any atom is -0.344 e. The number of carbonyl (C=O) groups excluding carboxylic acids is 1. The van der Waals surface area contributed by atoms with E-state index in [2.05, 4.69) is 16.4 Å². The molecular formula is C17H19N3O2S2. The Bertz CT molecular complexity index is 795. The van der Waals surface area contributed by atoms with E-state index >= 15 is 0 Å². The van der Waals surface area contributed by atoms with Crippen molar-refractivity contribution in [1.29, 1.82) is 0 Å². The molecule has 0 saturated heterocycles. The van der Waals surface area contributed by atoms with Gasteiger partial charge in [-0.1, -0.05) is 30.7 Å². The number of carbonyl (C=O) groups is 1. The van der Waals surface area contributed by atoms with Crippen molar-refractivity contribution in [1.82, 2.24) is 14.9 Å². The molecule has 1 N–H and O–H groups in total. The van der Waals surface area contributed by atoms with Crippen LogP contribution in [-0.4, -0.2) is 21.2 Å². The highest BCUT2D eigenvalue weighted by atomic mass is 32.2. The Hall–Kier alpha value is -1.60. The average Bonchev–Trinajstić information content (AvgIpc) is 3.34. The highest BCUT2D eigenvalue weighted by Crippen LogP contribution is 2.37. The number of nitrogens with one attached hydrogen (secondary N) is 1. The van der Waals surface area contributed by atoms with E-state index in [4.69, 9.17) is 0 Å². The van der Waals surface area contributed by atoms with Crippen LogP contribution in [-0.2, 0) is 6.54 Å². The lowest BCUT2D eigenvalue weighted by Gasteiger charge is -2.23. The third-order valence-electron chi connectivity index (χ3n) is 4.81. The Morgan fingerprint density at radius 2 is 2.21 bits per heavy atom. The molecule has 4 rings (SSSR count). The third kappa shape index (κ3) is 2.91. The molecule has 1 atom stereocenters. The van der Waals surface area contributed by atoms with Crippen LogP contribution in [0.2, 0.25) is 0 Å². The lowest BCUT2D eigenvalue weighted by atomic mass is 9.96. The number of thioether (sulfide) groups is 1. The molecule has 2 aliphatic rings. The van der Waals surface area contributed by atoms with Gasteiger partial charge in [0, 0.05) is 23.4 Å². The number of hydrogen-bond acceptors (Lipinski definition) is 5. The van der Waals surface area contributed by atoms with Crippen LogP contribution in [0.15, 0.2) is 33.7 Å². The summed E-state index contributed by atoms with van der Waals surface area (Å²) in [7, 11) is 0. The van der Waals surface area contributed by atoms with Gasteiger partial charge in [0.05, 0.1) is 6.04 Å². The van der Waals surface area contributed by atoms with Crippen molar-refractivity contribution >= 4 is 29.0 Å². The molecule has 0 bridgehead atoms. The van der Waals surface area contributed by atoms with E-state index in [1.807, 2.05) is 11.4 Å². The van der Waals surface area contributed by atoms with E-state index in [0.29, 0.717) is 17.6 Å². The fraction of sp³-hybridized carbons (Fsp3) is 0.471. The van der Waals surface area contributed by atoms with Gasteiger partial charge in [-0.15, -0.1) is 11.3 Å². The number of nitrogens with zero attached hydrogens (tertiary/aromatic N) is 2. The predicted molar refractivity (Wildman–Crippen MR) is 95.7 cm³/mol. The van der Waals surface area contributed by atoms with Crippen molar-refractivity contribution in [3.8, 4) is 0 Å². The zero-order chi connectivity index (χ0) is 16.5. The molecule has 0 spiro atoms. The number of thiophene rings is 1. The summed E-state index contributed by atoms with van der Waals surface area (Å²) < 4.78 is 1.61. The molecule has 1 saturated carbocycles. The summed E-state index contributed by atoms with van der Waals surface area (Å²) in [6.45, 7) is 0.629. The van der Waals surface area contributed by atoms with E-state index in [1.54, 1.807) is 27.7 Å². The summed E-state index contributed by atoms with van der Waals surface area (Å²) in [5.41, 5.74) is -0.0698. The Morgan fingerprint density at radius 3 is 2.96 bits per heavy atom. The van der Waals surface area contributed by atoms with Gasteiger partial charge >= 0.3 is 0 Å². The van der Waals surface area contributed by atoms with Crippen LogP contribution in [0.25, 0.3) is 0 Å². The molecule has 1 fully saturated rings. The second-order valence-corrected chi connectivity index (χ2v) is 8.31. The second kappa shape index (κ2) is 6.72. The molecule has 3 heterocycles. The average molecular weight is 361 g/mol. The molecule has 0 aromatic carbocycles. The minimum atomic E-state index is -0.301. The van der Waals surface area contributed by atoms with Gasteiger partial charge in [-0.2, -0.15) is 0 Å². The van der Waals surface area contributed by atoms with Crippen LogP contribution in [0, 0.1) is 5.92 Å². The first-order valence-electron chi connectivity index (χ1n) is 8.31. The van der Waals surface area contributed by atoms with Crippen molar-refractivity contribution in [2.75, 3.05) is 5.75 Å². The maximum Gasteiger partial charge on any atom is 0.267 e. The Balaban J connectivity index is 1.61. The van der Waals surface area contributed by atoms with E-state index in [0.717, 1.165) is 18.6 Å². The van der Waals surface area contributed by atoms with Crippen LogP contribution in [0.5, 0.6) is 0 Å². The van der Waals surface area contributed by atoms with Gasteiger partial charge in [-0.3, -0.25) is 14.2 Å². The quantitative estimate of drug-likeness (QED) is 0.850. The van der Waals surface area contributed by atoms with Gasteiger partial charge in [0.25, 0.3) is 11.5 Å². The molecule has 5 nitrogen and oxygen atoms in total. The second-order valence-electron chi connectivity index (χ2n) is 6.27. The first-order chi connectivity index (χ1) is 11.7. The summed E-state index contributed by atoms with van der Waals surface area (Å²) in [5, 5.41) is 5.87. The summed E-state index contributed by atoms with van der Waals surface area (Å²) >= 11 is 3.22. The van der Waals surface area contributed by atoms with E-state index < -0.39 is 0 Å². The van der Waals surface area contributed by atoms with Crippen LogP contribution < -0.4 is 10.9 Å². The van der Waals surface area contributed by atoms with Crippen LogP contribution in [0.4, 0.5) is 0 Å². The number of fused-ring (bicyclic) bond motifs is 1. The Kier molecular flexibility index (Phi) is 4.45. The van der Waals surface area contributed by atoms with Gasteiger partial charge < -0.3 is 5.32 Å². The molecule has 126 valence electrons. The maximum absolute atomic E-state index is 12.8. The number of hydrogen-bond donors (Lipinski definition) is 1. The number of rotatable bonds is 4. The lowest BCUT2D eigenvalue weighted by Crippen LogP contribution is -2.37. The van der Waals surface area contributed by atoms with Gasteiger partial charge in [-0.25, -0.2) is 4.98 Å². The molecular weight excluding hydrogens is 342 g/mol. The van der Waals surface area contributed by atoms with Gasteiger partial charge in [0.1, 0.15) is 5.56 Å². The normalized spacial score (nSPS) is 18.5. The third-order valence-corrected chi connectivity index (χ3v) is 6.73. The SMILES string of the molecule is O=C(NC(c1cccs1)C1CCCC1)c1cnc2n(c1=O)CCS2. The zero-order valence-corrected chi connectivity index (χ0v) is 14.9. The Labute approximate surface area is 148 Å². The first-order valence-corrected chi connectivity index (χ1v) is 10.2. The van der Waals surface area contributed by atoms with Crippen LogP contribution >= 0.6 is 23.1 Å². The van der Waals surface area contributed by atoms with Crippen molar-refractivity contribution < 1.29 is 4.79 Å². The summed E-state index contributed by atoms with van der Waals surface area (Å²) in [6, 6.07) is 4.07. The monoisotopic (exact) mass is 361 g/mol. The highest BCUT2D eigenvalue weighted by Gasteiger charge is 2.30. The van der Waals surface area contributed by atoms with E-state index in [9.17, 15) is 9.59 Å². The Morgan fingerprint density at radius 1 is 1.38 bits per heavy atom. The molecule has 1 amide bonds. The largest absolute Gasteiger partial charge is 0.344 e. The number of amides is 1. The number of aromatic nitrogens is 2. The molecule has 7 heteroatoms. The summed E-state index contributed by atoms with van der Waals surface area (Å²) in [6.07, 6.45) is 6.11. The standard InChI is InChI=1S/C17H19N3O2S2/c21-15(12-10-18-17-20(16(12)22)7-9-24-17)19-14(11-4-1-2-5-11)13-6-3-8-23-13/h3,6,8,10-11,14H,1-2,4-5,7,9H2,(H,19,21). The lowest BCUT2D eigenvalue weighted by molar-refractivity contribution is 0.0920. The molecule has 24 heavy (non-hydrogen) atoms. The fourth-order valence-corrected chi connectivity index (χ4v) is 5.36.